The third-order valence-electron chi connectivity index (χ3n) is 3.23. The van der Waals surface area contributed by atoms with E-state index in [1.807, 2.05) is 6.07 Å². The van der Waals surface area contributed by atoms with Crippen molar-refractivity contribution < 1.29 is 4.39 Å². The standard InChI is InChI=1S/C13H14FN3/c14-10-3-1-2-9(6-10)13-12-5-4-11(15)7-17(12)8-16-13/h1-3,6,8,11H,4-5,7,15H2. The summed E-state index contributed by atoms with van der Waals surface area (Å²) in [6, 6.07) is 6.78. The van der Waals surface area contributed by atoms with Gasteiger partial charge in [-0.3, -0.25) is 0 Å². The Hall–Kier alpha value is -1.68. The molecule has 1 aliphatic heterocycles. The second kappa shape index (κ2) is 3.96. The Morgan fingerprint density at radius 1 is 1.41 bits per heavy atom. The van der Waals surface area contributed by atoms with Crippen LogP contribution in [0.3, 0.4) is 0 Å². The third-order valence-corrected chi connectivity index (χ3v) is 3.23. The number of rotatable bonds is 1. The van der Waals surface area contributed by atoms with Crippen molar-refractivity contribution in [3.63, 3.8) is 0 Å². The number of nitrogens with zero attached hydrogens (tertiary/aromatic N) is 2. The number of benzene rings is 1. The van der Waals surface area contributed by atoms with Crippen molar-refractivity contribution in [2.24, 2.45) is 5.73 Å². The Morgan fingerprint density at radius 2 is 2.29 bits per heavy atom. The normalized spacial score (nSPS) is 19.1. The Balaban J connectivity index is 2.05. The van der Waals surface area contributed by atoms with E-state index in [1.54, 1.807) is 12.4 Å². The first-order valence-corrected chi connectivity index (χ1v) is 5.79. The van der Waals surface area contributed by atoms with E-state index < -0.39 is 0 Å². The van der Waals surface area contributed by atoms with Crippen molar-refractivity contribution in [3.8, 4) is 11.3 Å². The van der Waals surface area contributed by atoms with Crippen LogP contribution in [0.4, 0.5) is 4.39 Å². The lowest BCUT2D eigenvalue weighted by Gasteiger charge is -2.21. The molecule has 2 heterocycles. The van der Waals surface area contributed by atoms with Gasteiger partial charge in [-0.2, -0.15) is 0 Å². The quantitative estimate of drug-likeness (QED) is 0.815. The molecule has 0 bridgehead atoms. The van der Waals surface area contributed by atoms with Crippen LogP contribution in [0.5, 0.6) is 0 Å². The fourth-order valence-corrected chi connectivity index (χ4v) is 2.37. The zero-order chi connectivity index (χ0) is 11.8. The topological polar surface area (TPSA) is 43.8 Å². The van der Waals surface area contributed by atoms with Gasteiger partial charge in [-0.1, -0.05) is 12.1 Å². The van der Waals surface area contributed by atoms with Crippen molar-refractivity contribution in [2.45, 2.75) is 25.4 Å². The summed E-state index contributed by atoms with van der Waals surface area (Å²) in [5.74, 6) is -0.225. The van der Waals surface area contributed by atoms with E-state index in [0.717, 1.165) is 36.3 Å². The molecule has 0 saturated carbocycles. The van der Waals surface area contributed by atoms with Gasteiger partial charge in [-0.25, -0.2) is 9.37 Å². The first kappa shape index (κ1) is 10.5. The van der Waals surface area contributed by atoms with Crippen LogP contribution < -0.4 is 5.73 Å². The third kappa shape index (κ3) is 1.85. The number of hydrogen-bond acceptors (Lipinski definition) is 2. The van der Waals surface area contributed by atoms with Crippen molar-refractivity contribution in [2.75, 3.05) is 0 Å². The van der Waals surface area contributed by atoms with Crippen LogP contribution in [0.2, 0.25) is 0 Å². The van der Waals surface area contributed by atoms with Crippen molar-refractivity contribution in [3.05, 3.63) is 42.1 Å². The number of halogens is 1. The van der Waals surface area contributed by atoms with Gasteiger partial charge in [0.05, 0.1) is 12.0 Å². The van der Waals surface area contributed by atoms with Crippen LogP contribution in [0.15, 0.2) is 30.6 Å². The monoisotopic (exact) mass is 231 g/mol. The van der Waals surface area contributed by atoms with Gasteiger partial charge in [0.25, 0.3) is 0 Å². The molecule has 0 saturated heterocycles. The smallest absolute Gasteiger partial charge is 0.123 e. The molecule has 0 aliphatic carbocycles. The highest BCUT2D eigenvalue weighted by atomic mass is 19.1. The number of aromatic nitrogens is 2. The average molecular weight is 231 g/mol. The number of fused-ring (bicyclic) bond motifs is 1. The molecule has 1 atom stereocenters. The Labute approximate surface area is 99.1 Å². The fraction of sp³-hybridized carbons (Fsp3) is 0.308. The molecule has 2 N–H and O–H groups in total. The van der Waals surface area contributed by atoms with E-state index in [0.29, 0.717) is 0 Å². The lowest BCUT2D eigenvalue weighted by atomic mass is 10.0. The van der Waals surface area contributed by atoms with Crippen LogP contribution in [-0.4, -0.2) is 15.6 Å². The minimum Gasteiger partial charge on any atom is -0.332 e. The van der Waals surface area contributed by atoms with Gasteiger partial charge in [0.2, 0.25) is 0 Å². The van der Waals surface area contributed by atoms with Gasteiger partial charge in [-0.15, -0.1) is 0 Å². The highest BCUT2D eigenvalue weighted by molar-refractivity contribution is 5.62. The molecule has 0 radical (unpaired) electrons. The highest BCUT2D eigenvalue weighted by Crippen LogP contribution is 2.26. The molecule has 3 nitrogen and oxygen atoms in total. The summed E-state index contributed by atoms with van der Waals surface area (Å²) >= 11 is 0. The van der Waals surface area contributed by atoms with E-state index >= 15 is 0 Å². The van der Waals surface area contributed by atoms with E-state index in [9.17, 15) is 4.39 Å². The molecule has 3 rings (SSSR count). The molecule has 2 aromatic rings. The second-order valence-electron chi connectivity index (χ2n) is 4.50. The lowest BCUT2D eigenvalue weighted by molar-refractivity contribution is 0.461. The van der Waals surface area contributed by atoms with E-state index in [2.05, 4.69) is 9.55 Å². The Kier molecular flexibility index (Phi) is 2.44. The number of imidazole rings is 1. The summed E-state index contributed by atoms with van der Waals surface area (Å²) in [4.78, 5) is 4.38. The van der Waals surface area contributed by atoms with Gasteiger partial charge in [-0.05, 0) is 25.0 Å². The van der Waals surface area contributed by atoms with Gasteiger partial charge in [0, 0.05) is 23.8 Å². The van der Waals surface area contributed by atoms with Crippen LogP contribution in [0.25, 0.3) is 11.3 Å². The largest absolute Gasteiger partial charge is 0.332 e. The molecule has 0 spiro atoms. The molecular formula is C13H14FN3. The molecule has 4 heteroatoms. The van der Waals surface area contributed by atoms with E-state index in [1.165, 1.54) is 12.1 Å². The Morgan fingerprint density at radius 3 is 3.12 bits per heavy atom. The zero-order valence-corrected chi connectivity index (χ0v) is 9.44. The van der Waals surface area contributed by atoms with Gasteiger partial charge in [0.1, 0.15) is 5.82 Å². The molecule has 88 valence electrons. The minimum atomic E-state index is -0.225. The van der Waals surface area contributed by atoms with Crippen molar-refractivity contribution in [1.29, 1.82) is 0 Å². The van der Waals surface area contributed by atoms with Gasteiger partial charge >= 0.3 is 0 Å². The van der Waals surface area contributed by atoms with Crippen LogP contribution in [-0.2, 0) is 13.0 Å². The molecule has 17 heavy (non-hydrogen) atoms. The zero-order valence-electron chi connectivity index (χ0n) is 9.44. The Bertz CT molecular complexity index is 547. The molecular weight excluding hydrogens is 217 g/mol. The van der Waals surface area contributed by atoms with Gasteiger partial charge in [0.15, 0.2) is 0 Å². The van der Waals surface area contributed by atoms with Gasteiger partial charge < -0.3 is 10.3 Å². The minimum absolute atomic E-state index is 0.206. The predicted molar refractivity (Wildman–Crippen MR) is 63.9 cm³/mol. The summed E-state index contributed by atoms with van der Waals surface area (Å²) in [5, 5.41) is 0. The second-order valence-corrected chi connectivity index (χ2v) is 4.50. The maximum atomic E-state index is 13.2. The summed E-state index contributed by atoms with van der Waals surface area (Å²) in [6.45, 7) is 0.803. The molecule has 1 unspecified atom stereocenters. The average Bonchev–Trinajstić information content (AvgIpc) is 2.71. The molecule has 0 fully saturated rings. The number of hydrogen-bond donors (Lipinski definition) is 1. The molecule has 1 aliphatic rings. The molecule has 0 amide bonds. The van der Waals surface area contributed by atoms with E-state index in [4.69, 9.17) is 5.73 Å². The van der Waals surface area contributed by atoms with Crippen LogP contribution in [0, 0.1) is 5.82 Å². The summed E-state index contributed by atoms with van der Waals surface area (Å²) in [6.07, 6.45) is 3.68. The lowest BCUT2D eigenvalue weighted by Crippen LogP contribution is -2.31. The van der Waals surface area contributed by atoms with Crippen molar-refractivity contribution >= 4 is 0 Å². The summed E-state index contributed by atoms with van der Waals surface area (Å²) < 4.78 is 15.3. The maximum absolute atomic E-state index is 13.2. The summed E-state index contributed by atoms with van der Waals surface area (Å²) in [7, 11) is 0. The number of nitrogens with two attached hydrogens (primary N) is 1. The highest BCUT2D eigenvalue weighted by Gasteiger charge is 2.19. The first-order chi connectivity index (χ1) is 8.24. The molecule has 1 aromatic heterocycles. The summed E-state index contributed by atoms with van der Waals surface area (Å²) in [5.41, 5.74) is 8.80. The van der Waals surface area contributed by atoms with Crippen molar-refractivity contribution in [1.82, 2.24) is 9.55 Å². The maximum Gasteiger partial charge on any atom is 0.123 e. The van der Waals surface area contributed by atoms with E-state index in [-0.39, 0.29) is 11.9 Å². The van der Waals surface area contributed by atoms with Crippen LogP contribution in [0.1, 0.15) is 12.1 Å². The van der Waals surface area contributed by atoms with Crippen LogP contribution >= 0.6 is 0 Å². The SMILES string of the molecule is NC1CCc2c(-c3cccc(F)c3)ncn2C1. The predicted octanol–water partition coefficient (Wildman–Crippen LogP) is 1.96. The first-order valence-electron chi connectivity index (χ1n) is 5.79. The fourth-order valence-electron chi connectivity index (χ4n) is 2.37. The molecule has 1 aromatic carbocycles.